The Morgan fingerprint density at radius 2 is 1.81 bits per heavy atom. The molecule has 0 saturated heterocycles. The first-order chi connectivity index (χ1) is 13.0. The summed E-state index contributed by atoms with van der Waals surface area (Å²) in [6, 6.07) is 14.3. The molecule has 1 aromatic carbocycles. The summed E-state index contributed by atoms with van der Waals surface area (Å²) >= 11 is 0. The lowest BCUT2D eigenvalue weighted by Gasteiger charge is -2.10. The monoisotopic (exact) mass is 364 g/mol. The number of ketones is 1. The fourth-order valence-corrected chi connectivity index (χ4v) is 2.94. The Labute approximate surface area is 157 Å². The maximum Gasteiger partial charge on any atom is 0.357 e. The summed E-state index contributed by atoms with van der Waals surface area (Å²) in [7, 11) is 1.62. The number of hydrogen-bond acceptors (Lipinski definition) is 5. The lowest BCUT2D eigenvalue weighted by molar-refractivity contribution is 0.0468. The van der Waals surface area contributed by atoms with Crippen molar-refractivity contribution in [3.05, 3.63) is 77.4 Å². The van der Waals surface area contributed by atoms with E-state index < -0.39 is 5.97 Å². The number of carbonyl (C=O) groups excluding carboxylic acids is 2. The molecular formula is C21H20N2O4. The third-order valence-corrected chi connectivity index (χ3v) is 4.27. The van der Waals surface area contributed by atoms with Gasteiger partial charge in [-0.1, -0.05) is 6.07 Å². The third kappa shape index (κ3) is 3.89. The molecule has 0 aliphatic carbocycles. The molecular weight excluding hydrogens is 344 g/mol. The number of hydrogen-bond donors (Lipinski definition) is 0. The van der Waals surface area contributed by atoms with Crippen LogP contribution in [0.3, 0.4) is 0 Å². The molecule has 0 bridgehead atoms. The molecule has 0 radical (unpaired) electrons. The van der Waals surface area contributed by atoms with Crippen LogP contribution in [0.15, 0.2) is 54.7 Å². The van der Waals surface area contributed by atoms with Crippen LogP contribution in [-0.4, -0.2) is 35.0 Å². The van der Waals surface area contributed by atoms with Crippen molar-refractivity contribution in [3.8, 4) is 11.4 Å². The molecule has 2 heterocycles. The van der Waals surface area contributed by atoms with E-state index in [9.17, 15) is 9.59 Å². The largest absolute Gasteiger partial charge is 0.497 e. The molecule has 0 spiro atoms. The number of Topliss-reactive ketones (excluding diaryl/α,β-unsaturated/α-hetero) is 1. The molecule has 27 heavy (non-hydrogen) atoms. The topological polar surface area (TPSA) is 70.4 Å². The van der Waals surface area contributed by atoms with Crippen molar-refractivity contribution in [3.63, 3.8) is 0 Å². The molecule has 0 amide bonds. The molecule has 0 atom stereocenters. The second-order valence-corrected chi connectivity index (χ2v) is 6.03. The summed E-state index contributed by atoms with van der Waals surface area (Å²) in [5.41, 5.74) is 3.33. The van der Waals surface area contributed by atoms with E-state index in [4.69, 9.17) is 9.47 Å². The number of rotatable bonds is 6. The van der Waals surface area contributed by atoms with Gasteiger partial charge < -0.3 is 14.0 Å². The van der Waals surface area contributed by atoms with Crippen LogP contribution in [0.1, 0.15) is 32.2 Å². The van der Waals surface area contributed by atoms with Crippen LogP contribution in [0.2, 0.25) is 0 Å². The second-order valence-electron chi connectivity index (χ2n) is 6.03. The first-order valence-corrected chi connectivity index (χ1v) is 8.46. The van der Waals surface area contributed by atoms with Gasteiger partial charge in [-0.05, 0) is 56.3 Å². The molecule has 2 aromatic heterocycles. The van der Waals surface area contributed by atoms with Crippen molar-refractivity contribution in [2.24, 2.45) is 0 Å². The summed E-state index contributed by atoms with van der Waals surface area (Å²) in [5.74, 6) is -0.112. The van der Waals surface area contributed by atoms with Crippen molar-refractivity contribution in [1.82, 2.24) is 9.55 Å². The van der Waals surface area contributed by atoms with E-state index in [1.54, 1.807) is 31.4 Å². The van der Waals surface area contributed by atoms with Crippen molar-refractivity contribution in [1.29, 1.82) is 0 Å². The van der Waals surface area contributed by atoms with Gasteiger partial charge in [0, 0.05) is 28.8 Å². The highest BCUT2D eigenvalue weighted by Crippen LogP contribution is 2.23. The maximum atomic E-state index is 12.6. The van der Waals surface area contributed by atoms with Crippen molar-refractivity contribution >= 4 is 11.8 Å². The number of benzene rings is 1. The van der Waals surface area contributed by atoms with E-state index in [-0.39, 0.29) is 18.1 Å². The van der Waals surface area contributed by atoms with Crippen LogP contribution in [0.4, 0.5) is 0 Å². The second kappa shape index (κ2) is 7.86. The fourth-order valence-electron chi connectivity index (χ4n) is 2.94. The number of nitrogens with zero attached hydrogens (tertiary/aromatic N) is 2. The van der Waals surface area contributed by atoms with Gasteiger partial charge in [0.2, 0.25) is 5.78 Å². The van der Waals surface area contributed by atoms with Crippen molar-refractivity contribution < 1.29 is 19.1 Å². The number of carbonyl (C=O) groups is 2. The molecule has 3 rings (SSSR count). The summed E-state index contributed by atoms with van der Waals surface area (Å²) in [6.45, 7) is 3.46. The standard InChI is InChI=1S/C21H20N2O4/c1-14-12-18(15(2)23(14)16-7-9-17(26-3)10-8-16)20(24)13-27-21(25)19-6-4-5-11-22-19/h4-12H,13H2,1-3H3. The van der Waals surface area contributed by atoms with Gasteiger partial charge in [0.05, 0.1) is 7.11 Å². The van der Waals surface area contributed by atoms with Crippen LogP contribution < -0.4 is 4.74 Å². The number of aromatic nitrogens is 2. The average molecular weight is 364 g/mol. The molecule has 0 saturated carbocycles. The zero-order valence-corrected chi connectivity index (χ0v) is 15.4. The fraction of sp³-hybridized carbons (Fsp3) is 0.190. The third-order valence-electron chi connectivity index (χ3n) is 4.27. The molecule has 0 aliphatic heterocycles. The van der Waals surface area contributed by atoms with Crippen LogP contribution in [0.5, 0.6) is 5.75 Å². The Balaban J connectivity index is 1.77. The Morgan fingerprint density at radius 1 is 1.07 bits per heavy atom. The van der Waals surface area contributed by atoms with E-state index in [2.05, 4.69) is 4.98 Å². The van der Waals surface area contributed by atoms with Gasteiger partial charge in [0.15, 0.2) is 6.61 Å². The minimum Gasteiger partial charge on any atom is -0.497 e. The van der Waals surface area contributed by atoms with Crippen LogP contribution in [0, 0.1) is 13.8 Å². The van der Waals surface area contributed by atoms with Crippen LogP contribution in [0.25, 0.3) is 5.69 Å². The zero-order chi connectivity index (χ0) is 19.4. The van der Waals surface area contributed by atoms with E-state index in [0.717, 1.165) is 22.8 Å². The summed E-state index contributed by atoms with van der Waals surface area (Å²) in [5, 5.41) is 0. The Hall–Kier alpha value is -3.41. The normalized spacial score (nSPS) is 10.5. The number of esters is 1. The maximum absolute atomic E-state index is 12.6. The first-order valence-electron chi connectivity index (χ1n) is 8.46. The van der Waals surface area contributed by atoms with Crippen molar-refractivity contribution in [2.75, 3.05) is 13.7 Å². The molecule has 0 fully saturated rings. The lowest BCUT2D eigenvalue weighted by atomic mass is 10.1. The lowest BCUT2D eigenvalue weighted by Crippen LogP contribution is -2.15. The molecule has 0 N–H and O–H groups in total. The van der Waals surface area contributed by atoms with Crippen LogP contribution >= 0.6 is 0 Å². The summed E-state index contributed by atoms with van der Waals surface area (Å²) in [6.07, 6.45) is 1.50. The Morgan fingerprint density at radius 3 is 2.44 bits per heavy atom. The number of ether oxygens (including phenoxy) is 2. The van der Waals surface area contributed by atoms with Gasteiger partial charge in [0.25, 0.3) is 0 Å². The number of pyridine rings is 1. The van der Waals surface area contributed by atoms with E-state index >= 15 is 0 Å². The first kappa shape index (κ1) is 18.4. The van der Waals surface area contributed by atoms with E-state index in [1.807, 2.05) is 42.7 Å². The molecule has 0 aliphatic rings. The molecule has 6 nitrogen and oxygen atoms in total. The van der Waals surface area contributed by atoms with E-state index in [1.165, 1.54) is 6.20 Å². The summed E-state index contributed by atoms with van der Waals surface area (Å²) in [4.78, 5) is 28.5. The molecule has 138 valence electrons. The predicted molar refractivity (Wildman–Crippen MR) is 101 cm³/mol. The molecule has 6 heteroatoms. The quantitative estimate of drug-likeness (QED) is 0.494. The highest BCUT2D eigenvalue weighted by molar-refractivity contribution is 6.00. The van der Waals surface area contributed by atoms with Gasteiger partial charge >= 0.3 is 5.97 Å². The van der Waals surface area contributed by atoms with Gasteiger partial charge in [-0.3, -0.25) is 4.79 Å². The summed E-state index contributed by atoms with van der Waals surface area (Å²) < 4.78 is 12.3. The smallest absolute Gasteiger partial charge is 0.357 e. The zero-order valence-electron chi connectivity index (χ0n) is 15.4. The van der Waals surface area contributed by atoms with Gasteiger partial charge in [0.1, 0.15) is 11.4 Å². The Bertz CT molecular complexity index is 960. The van der Waals surface area contributed by atoms with Crippen LogP contribution in [-0.2, 0) is 4.74 Å². The molecule has 3 aromatic rings. The van der Waals surface area contributed by atoms with Gasteiger partial charge in [-0.2, -0.15) is 0 Å². The highest BCUT2D eigenvalue weighted by Gasteiger charge is 2.19. The van der Waals surface area contributed by atoms with E-state index in [0.29, 0.717) is 5.56 Å². The minimum absolute atomic E-state index is 0.175. The number of aryl methyl sites for hydroxylation is 1. The highest BCUT2D eigenvalue weighted by atomic mass is 16.5. The predicted octanol–water partition coefficient (Wildman–Crippen LogP) is 3.54. The SMILES string of the molecule is COc1ccc(-n2c(C)cc(C(=O)COC(=O)c3ccccn3)c2C)cc1. The van der Waals surface area contributed by atoms with Gasteiger partial charge in [-0.25, -0.2) is 9.78 Å². The van der Waals surface area contributed by atoms with Gasteiger partial charge in [-0.15, -0.1) is 0 Å². The average Bonchev–Trinajstić information content (AvgIpc) is 3.00. The minimum atomic E-state index is -0.618. The number of methoxy groups -OCH3 is 1. The Kier molecular flexibility index (Phi) is 5.35. The molecule has 0 unspecified atom stereocenters. The van der Waals surface area contributed by atoms with Crippen molar-refractivity contribution in [2.45, 2.75) is 13.8 Å².